The lowest BCUT2D eigenvalue weighted by Gasteiger charge is -2.26. The summed E-state index contributed by atoms with van der Waals surface area (Å²) in [7, 11) is 1.59. The zero-order valence-electron chi connectivity index (χ0n) is 21.9. The van der Waals surface area contributed by atoms with Crippen LogP contribution in [0.3, 0.4) is 0 Å². The third-order valence-electron chi connectivity index (χ3n) is 7.14. The number of ether oxygens (including phenoxy) is 1. The number of aromatic amines is 1. The molecule has 1 fully saturated rings. The van der Waals surface area contributed by atoms with Crippen molar-refractivity contribution in [2.24, 2.45) is 0 Å². The number of para-hydroxylation sites is 1. The summed E-state index contributed by atoms with van der Waals surface area (Å²) in [5.41, 5.74) is 7.23. The van der Waals surface area contributed by atoms with Gasteiger partial charge in [0.1, 0.15) is 11.5 Å². The Morgan fingerprint density at radius 1 is 0.919 bits per heavy atom. The van der Waals surface area contributed by atoms with Crippen LogP contribution in [-0.4, -0.2) is 28.9 Å². The zero-order chi connectivity index (χ0) is 26.6. The minimum absolute atomic E-state index is 0.0738. The highest BCUT2D eigenvalue weighted by Crippen LogP contribution is 2.46. The number of anilines is 1. The number of carbonyl (C=O) groups is 2. The Morgan fingerprint density at radius 2 is 1.59 bits per heavy atom. The predicted octanol–water partition coefficient (Wildman–Crippen LogP) is 6.34. The molecule has 1 amide bonds. The van der Waals surface area contributed by atoms with Crippen LogP contribution in [0.15, 0.2) is 60.2 Å². The number of aliphatic hydroxyl groups excluding tert-OH is 1. The third-order valence-corrected chi connectivity index (χ3v) is 7.14. The molecule has 188 valence electrons. The van der Waals surface area contributed by atoms with E-state index >= 15 is 0 Å². The molecule has 0 bridgehead atoms. The second-order valence-corrected chi connectivity index (χ2v) is 9.86. The Balaban J connectivity index is 1.84. The lowest BCUT2D eigenvalue weighted by molar-refractivity contribution is -0.132. The van der Waals surface area contributed by atoms with Gasteiger partial charge in [-0.15, -0.1) is 0 Å². The van der Waals surface area contributed by atoms with Gasteiger partial charge in [0.2, 0.25) is 0 Å². The first-order chi connectivity index (χ1) is 17.6. The van der Waals surface area contributed by atoms with Crippen molar-refractivity contribution >= 4 is 34.0 Å². The predicted molar refractivity (Wildman–Crippen MR) is 146 cm³/mol. The topological polar surface area (TPSA) is 82.6 Å². The monoisotopic (exact) mass is 494 g/mol. The van der Waals surface area contributed by atoms with Gasteiger partial charge < -0.3 is 14.8 Å². The molecule has 1 saturated heterocycles. The Bertz CT molecular complexity index is 1610. The van der Waals surface area contributed by atoms with Crippen LogP contribution in [-0.2, 0) is 9.59 Å². The van der Waals surface area contributed by atoms with Gasteiger partial charge in [-0.2, -0.15) is 0 Å². The quantitative estimate of drug-likeness (QED) is 0.197. The lowest BCUT2D eigenvalue weighted by atomic mass is 9.91. The van der Waals surface area contributed by atoms with Gasteiger partial charge in [0, 0.05) is 33.4 Å². The zero-order valence-corrected chi connectivity index (χ0v) is 21.9. The molecule has 4 aromatic rings. The van der Waals surface area contributed by atoms with Gasteiger partial charge >= 0.3 is 0 Å². The molecule has 0 saturated carbocycles. The summed E-state index contributed by atoms with van der Waals surface area (Å²) in [5, 5.41) is 12.6. The van der Waals surface area contributed by atoms with E-state index in [1.54, 1.807) is 13.2 Å². The first-order valence-electron chi connectivity index (χ1n) is 12.2. The van der Waals surface area contributed by atoms with Gasteiger partial charge in [-0.1, -0.05) is 24.3 Å². The summed E-state index contributed by atoms with van der Waals surface area (Å²) in [6.07, 6.45) is 0. The number of amides is 1. The number of nitrogens with one attached hydrogen (secondary N) is 1. The molecule has 5 rings (SSSR count). The van der Waals surface area contributed by atoms with Crippen LogP contribution < -0.4 is 9.64 Å². The van der Waals surface area contributed by atoms with Gasteiger partial charge in [-0.3, -0.25) is 14.5 Å². The van der Waals surface area contributed by atoms with E-state index in [4.69, 9.17) is 4.74 Å². The first-order valence-corrected chi connectivity index (χ1v) is 12.2. The molecular weight excluding hydrogens is 464 g/mol. The van der Waals surface area contributed by atoms with E-state index in [1.165, 1.54) is 4.90 Å². The molecular formula is C31H30N2O4. The fourth-order valence-corrected chi connectivity index (χ4v) is 5.52. The molecule has 1 unspecified atom stereocenters. The van der Waals surface area contributed by atoms with Crippen LogP contribution in [0.4, 0.5) is 5.69 Å². The Kier molecular flexibility index (Phi) is 5.91. The van der Waals surface area contributed by atoms with Gasteiger partial charge in [-0.25, -0.2) is 0 Å². The minimum Gasteiger partial charge on any atom is -0.507 e. The van der Waals surface area contributed by atoms with E-state index in [-0.39, 0.29) is 11.3 Å². The number of benzene rings is 3. The number of fused-ring (bicyclic) bond motifs is 1. The van der Waals surface area contributed by atoms with E-state index in [0.717, 1.165) is 44.4 Å². The van der Waals surface area contributed by atoms with Gasteiger partial charge in [0.25, 0.3) is 11.7 Å². The summed E-state index contributed by atoms with van der Waals surface area (Å²) in [6, 6.07) is 16.4. The maximum atomic E-state index is 13.7. The second kappa shape index (κ2) is 8.96. The maximum Gasteiger partial charge on any atom is 0.300 e. The number of hydrogen-bond acceptors (Lipinski definition) is 4. The summed E-state index contributed by atoms with van der Waals surface area (Å²) < 4.78 is 5.43. The van der Waals surface area contributed by atoms with Crippen LogP contribution in [0.1, 0.15) is 45.1 Å². The molecule has 2 heterocycles. The largest absolute Gasteiger partial charge is 0.507 e. The Labute approximate surface area is 216 Å². The summed E-state index contributed by atoms with van der Waals surface area (Å²) in [6.45, 7) is 9.58. The molecule has 1 atom stereocenters. The van der Waals surface area contributed by atoms with Crippen molar-refractivity contribution in [2.75, 3.05) is 12.0 Å². The van der Waals surface area contributed by atoms with Crippen molar-refractivity contribution in [3.8, 4) is 5.75 Å². The first kappa shape index (κ1) is 24.4. The lowest BCUT2D eigenvalue weighted by Crippen LogP contribution is -2.29. The second-order valence-electron chi connectivity index (χ2n) is 9.86. The fraction of sp³-hybridized carbons (Fsp3) is 0.226. The van der Waals surface area contributed by atoms with Gasteiger partial charge in [-0.05, 0) is 87.2 Å². The molecule has 0 radical (unpaired) electrons. The SMILES string of the molecule is COc1cc(C)c(/C(O)=C2\C(=O)C(=O)N(c3cc(C)cc(C)c3)C2c2c(C)[nH]c3ccccc23)cc1C. The van der Waals surface area contributed by atoms with Gasteiger partial charge in [0.15, 0.2) is 0 Å². The summed E-state index contributed by atoms with van der Waals surface area (Å²) >= 11 is 0. The molecule has 37 heavy (non-hydrogen) atoms. The number of methoxy groups -OCH3 is 1. The van der Waals surface area contributed by atoms with Crippen LogP contribution in [0.2, 0.25) is 0 Å². The number of carbonyl (C=O) groups excluding carboxylic acids is 2. The van der Waals surface area contributed by atoms with Crippen LogP contribution in [0, 0.1) is 34.6 Å². The van der Waals surface area contributed by atoms with Gasteiger partial charge in [0.05, 0.1) is 18.7 Å². The normalized spacial score (nSPS) is 17.1. The van der Waals surface area contributed by atoms with Crippen molar-refractivity contribution in [3.05, 3.63) is 99.2 Å². The van der Waals surface area contributed by atoms with Crippen LogP contribution in [0.25, 0.3) is 16.7 Å². The highest BCUT2D eigenvalue weighted by Gasteiger charge is 2.48. The molecule has 3 aromatic carbocycles. The highest BCUT2D eigenvalue weighted by atomic mass is 16.5. The Morgan fingerprint density at radius 3 is 2.27 bits per heavy atom. The fourth-order valence-electron chi connectivity index (χ4n) is 5.52. The van der Waals surface area contributed by atoms with Crippen molar-refractivity contribution in [1.29, 1.82) is 0 Å². The number of aromatic nitrogens is 1. The van der Waals surface area contributed by atoms with Crippen molar-refractivity contribution in [2.45, 2.75) is 40.7 Å². The maximum absolute atomic E-state index is 13.7. The number of aryl methyl sites for hydroxylation is 5. The van der Waals surface area contributed by atoms with E-state index < -0.39 is 17.7 Å². The van der Waals surface area contributed by atoms with Crippen LogP contribution in [0.5, 0.6) is 5.75 Å². The summed E-state index contributed by atoms with van der Waals surface area (Å²) in [4.78, 5) is 32.3. The van der Waals surface area contributed by atoms with Crippen molar-refractivity contribution in [1.82, 2.24) is 4.98 Å². The number of aliphatic hydroxyl groups is 1. The van der Waals surface area contributed by atoms with Crippen LogP contribution >= 0.6 is 0 Å². The number of rotatable bonds is 4. The van der Waals surface area contributed by atoms with E-state index in [9.17, 15) is 14.7 Å². The standard InChI is InChI=1S/C31H30N2O4/c1-16-11-17(2)13-21(12-16)33-28(26-20(5)32-24-10-8-7-9-22(24)26)27(30(35)31(33)36)29(34)23-14-19(4)25(37-6)15-18(23)3/h7-15,28,32,34H,1-6H3/b29-27+. The average molecular weight is 495 g/mol. The number of hydrogen-bond donors (Lipinski definition) is 2. The summed E-state index contributed by atoms with van der Waals surface area (Å²) in [5.74, 6) is -0.875. The third kappa shape index (κ3) is 3.89. The Hall–Kier alpha value is -4.32. The smallest absolute Gasteiger partial charge is 0.300 e. The highest BCUT2D eigenvalue weighted by molar-refractivity contribution is 6.52. The number of H-pyrrole nitrogens is 1. The average Bonchev–Trinajstić information content (AvgIpc) is 3.31. The molecule has 2 N–H and O–H groups in total. The molecule has 1 aliphatic rings. The number of ketones is 1. The molecule has 0 aliphatic carbocycles. The van der Waals surface area contributed by atoms with E-state index in [1.807, 2.05) is 83.1 Å². The molecule has 1 aliphatic heterocycles. The number of Topliss-reactive ketones (excluding diaryl/α,β-unsaturated/α-hetero) is 1. The molecule has 0 spiro atoms. The number of nitrogens with zero attached hydrogens (tertiary/aromatic N) is 1. The molecule has 6 nitrogen and oxygen atoms in total. The molecule has 6 heteroatoms. The minimum atomic E-state index is -0.806. The van der Waals surface area contributed by atoms with E-state index in [0.29, 0.717) is 17.0 Å². The van der Waals surface area contributed by atoms with Crippen molar-refractivity contribution < 1.29 is 19.4 Å². The molecule has 1 aromatic heterocycles. The van der Waals surface area contributed by atoms with Crippen molar-refractivity contribution in [3.63, 3.8) is 0 Å². The van der Waals surface area contributed by atoms with E-state index in [2.05, 4.69) is 4.98 Å².